The van der Waals surface area contributed by atoms with E-state index >= 15 is 0 Å². The highest BCUT2D eigenvalue weighted by Gasteiger charge is 2.32. The van der Waals surface area contributed by atoms with Crippen LogP contribution in [0.1, 0.15) is 22.3 Å². The number of hydrogen-bond donors (Lipinski definition) is 1. The fraction of sp³-hybridized carbons (Fsp3) is 0.296. The second-order valence-electron chi connectivity index (χ2n) is 9.17. The summed E-state index contributed by atoms with van der Waals surface area (Å²) in [5.74, 6) is -0.470. The Morgan fingerprint density at radius 1 is 0.897 bits per heavy atom. The van der Waals surface area contributed by atoms with Gasteiger partial charge in [-0.1, -0.05) is 24.3 Å². The molecule has 2 aliphatic heterocycles. The van der Waals surface area contributed by atoms with Crippen molar-refractivity contribution in [3.8, 4) is 5.75 Å². The molecule has 0 radical (unpaired) electrons. The van der Waals surface area contributed by atoms with E-state index in [9.17, 15) is 21.6 Å². The molecule has 12 heteroatoms. The molecule has 1 saturated heterocycles. The zero-order valence-electron chi connectivity index (χ0n) is 21.4. The van der Waals surface area contributed by atoms with Crippen LogP contribution in [0.2, 0.25) is 0 Å². The molecule has 39 heavy (non-hydrogen) atoms. The Balaban J connectivity index is 1.43. The maximum Gasteiger partial charge on any atom is 0.268 e. The van der Waals surface area contributed by atoms with Gasteiger partial charge in [0.15, 0.2) is 0 Å². The third-order valence-electron chi connectivity index (χ3n) is 6.76. The zero-order valence-corrected chi connectivity index (χ0v) is 23.0. The summed E-state index contributed by atoms with van der Waals surface area (Å²) >= 11 is 0. The van der Waals surface area contributed by atoms with E-state index in [0.717, 1.165) is 12.0 Å². The molecule has 3 aromatic rings. The Morgan fingerprint density at radius 3 is 2.44 bits per heavy atom. The zero-order chi connectivity index (χ0) is 27.6. The Labute approximate surface area is 228 Å². The molecule has 0 atom stereocenters. The number of nitrogens with one attached hydrogen (secondary N) is 1. The molecule has 0 saturated carbocycles. The lowest BCUT2D eigenvalue weighted by molar-refractivity contribution is 0.0730. The first-order valence-electron chi connectivity index (χ1n) is 12.5. The molecule has 0 aliphatic carbocycles. The van der Waals surface area contributed by atoms with Gasteiger partial charge in [-0.25, -0.2) is 16.8 Å². The summed E-state index contributed by atoms with van der Waals surface area (Å²) in [6, 6.07) is 17.5. The molecule has 2 aliphatic rings. The summed E-state index contributed by atoms with van der Waals surface area (Å²) in [5.41, 5.74) is 1.90. The Morgan fingerprint density at radius 2 is 1.67 bits per heavy atom. The summed E-state index contributed by atoms with van der Waals surface area (Å²) < 4.78 is 67.0. The van der Waals surface area contributed by atoms with E-state index in [1.54, 1.807) is 24.3 Å². The molecule has 1 amide bonds. The van der Waals surface area contributed by atoms with E-state index in [-0.39, 0.29) is 39.9 Å². The molecule has 0 aromatic heterocycles. The highest BCUT2D eigenvalue weighted by Crippen LogP contribution is 2.35. The molecule has 10 nitrogen and oxygen atoms in total. The summed E-state index contributed by atoms with van der Waals surface area (Å²) in [5, 5.41) is 2.69. The predicted octanol–water partition coefficient (Wildman–Crippen LogP) is 3.11. The number of sulfonamides is 2. The van der Waals surface area contributed by atoms with Crippen LogP contribution in [0.3, 0.4) is 0 Å². The molecule has 0 spiro atoms. The molecular formula is C27H29N3O7S2. The third-order valence-corrected chi connectivity index (χ3v) is 10.5. The number of benzene rings is 3. The molecule has 1 N–H and O–H groups in total. The number of carbonyl (C=O) groups is 1. The number of fused-ring (bicyclic) bond motifs is 1. The van der Waals surface area contributed by atoms with E-state index in [1.165, 1.54) is 46.1 Å². The van der Waals surface area contributed by atoms with Gasteiger partial charge >= 0.3 is 0 Å². The van der Waals surface area contributed by atoms with Crippen molar-refractivity contribution in [3.63, 3.8) is 0 Å². The number of morpholine rings is 1. The first kappa shape index (κ1) is 27.1. The van der Waals surface area contributed by atoms with Crippen molar-refractivity contribution in [2.45, 2.75) is 22.6 Å². The van der Waals surface area contributed by atoms with E-state index in [0.29, 0.717) is 31.9 Å². The number of methoxy groups -OCH3 is 1. The molecular weight excluding hydrogens is 542 g/mol. The van der Waals surface area contributed by atoms with Gasteiger partial charge in [-0.3, -0.25) is 9.10 Å². The Bertz CT molecular complexity index is 1600. The van der Waals surface area contributed by atoms with Gasteiger partial charge in [0.25, 0.3) is 15.9 Å². The number of nitrogens with zero attached hydrogens (tertiary/aromatic N) is 2. The summed E-state index contributed by atoms with van der Waals surface area (Å²) in [6.07, 6.45) is 1.45. The smallest absolute Gasteiger partial charge is 0.268 e. The van der Waals surface area contributed by atoms with Crippen molar-refractivity contribution in [2.75, 3.05) is 49.6 Å². The first-order chi connectivity index (χ1) is 18.7. The molecule has 1 fully saturated rings. The first-order valence-corrected chi connectivity index (χ1v) is 15.4. The fourth-order valence-corrected chi connectivity index (χ4v) is 7.94. The second-order valence-corrected chi connectivity index (χ2v) is 12.9. The number of rotatable bonds is 7. The molecule has 5 rings (SSSR count). The topological polar surface area (TPSA) is 122 Å². The highest BCUT2D eigenvalue weighted by atomic mass is 32.2. The van der Waals surface area contributed by atoms with Crippen molar-refractivity contribution < 1.29 is 31.1 Å². The molecule has 0 bridgehead atoms. The van der Waals surface area contributed by atoms with Crippen LogP contribution >= 0.6 is 0 Å². The number of aryl methyl sites for hydroxylation is 1. The van der Waals surface area contributed by atoms with Crippen LogP contribution in [0.4, 0.5) is 11.4 Å². The van der Waals surface area contributed by atoms with Gasteiger partial charge in [-0.15, -0.1) is 0 Å². The normalized spacial score (nSPS) is 16.4. The van der Waals surface area contributed by atoms with Crippen LogP contribution in [0.15, 0.2) is 76.5 Å². The lowest BCUT2D eigenvalue weighted by Crippen LogP contribution is -2.40. The van der Waals surface area contributed by atoms with Crippen LogP contribution in [0.5, 0.6) is 5.75 Å². The van der Waals surface area contributed by atoms with Crippen molar-refractivity contribution in [1.29, 1.82) is 0 Å². The molecule has 3 aromatic carbocycles. The van der Waals surface area contributed by atoms with E-state index < -0.39 is 26.0 Å². The molecule has 0 unspecified atom stereocenters. The quantitative estimate of drug-likeness (QED) is 0.462. The van der Waals surface area contributed by atoms with Gasteiger partial charge in [-0.05, 0) is 60.9 Å². The minimum atomic E-state index is -4.05. The monoisotopic (exact) mass is 571 g/mol. The maximum atomic E-state index is 13.8. The number of amides is 1. The summed E-state index contributed by atoms with van der Waals surface area (Å²) in [7, 11) is -6.43. The third kappa shape index (κ3) is 5.37. The summed E-state index contributed by atoms with van der Waals surface area (Å²) in [6.45, 7) is 1.46. The van der Waals surface area contributed by atoms with Crippen LogP contribution in [0.25, 0.3) is 0 Å². The number of carbonyl (C=O) groups excluding carboxylic acids is 1. The van der Waals surface area contributed by atoms with Gasteiger partial charge < -0.3 is 14.8 Å². The van der Waals surface area contributed by atoms with Crippen LogP contribution in [0, 0.1) is 0 Å². The minimum absolute atomic E-state index is 0.0453. The van der Waals surface area contributed by atoms with Gasteiger partial charge in [0, 0.05) is 30.9 Å². The maximum absolute atomic E-state index is 13.8. The SMILES string of the molecule is COc1ccc(C(=O)Nc2cccc(S(=O)(=O)N3CCOCC3)c2)cc1S(=O)(=O)N1CCCc2ccccc21. The number of hydrogen-bond acceptors (Lipinski definition) is 7. The molecule has 2 heterocycles. The van der Waals surface area contributed by atoms with Gasteiger partial charge in [-0.2, -0.15) is 4.31 Å². The minimum Gasteiger partial charge on any atom is -0.495 e. The number of ether oxygens (including phenoxy) is 2. The highest BCUT2D eigenvalue weighted by molar-refractivity contribution is 7.93. The lowest BCUT2D eigenvalue weighted by atomic mass is 10.0. The number of para-hydroxylation sites is 1. The average molecular weight is 572 g/mol. The number of anilines is 2. The predicted molar refractivity (Wildman–Crippen MR) is 146 cm³/mol. The van der Waals surface area contributed by atoms with E-state index in [4.69, 9.17) is 9.47 Å². The van der Waals surface area contributed by atoms with Crippen molar-refractivity contribution in [2.24, 2.45) is 0 Å². The standard InChI is InChI=1S/C27H29N3O7S2/c1-36-25-12-11-21(18-26(25)39(34,35)30-13-5-7-20-6-2-3-10-24(20)30)27(31)28-22-8-4-9-23(19-22)38(32,33)29-14-16-37-17-15-29/h2-4,6,8-12,18-19H,5,7,13-17H2,1H3,(H,28,31). The second kappa shape index (κ2) is 11.0. The van der Waals surface area contributed by atoms with Crippen molar-refractivity contribution in [3.05, 3.63) is 77.9 Å². The Kier molecular flexibility index (Phi) is 7.63. The van der Waals surface area contributed by atoms with Crippen LogP contribution in [-0.2, 0) is 31.2 Å². The summed E-state index contributed by atoms with van der Waals surface area (Å²) in [4.78, 5) is 13.1. The average Bonchev–Trinajstić information content (AvgIpc) is 2.97. The van der Waals surface area contributed by atoms with Crippen molar-refractivity contribution in [1.82, 2.24) is 4.31 Å². The van der Waals surface area contributed by atoms with Gasteiger partial charge in [0.2, 0.25) is 10.0 Å². The van der Waals surface area contributed by atoms with Crippen LogP contribution < -0.4 is 14.4 Å². The van der Waals surface area contributed by atoms with Crippen LogP contribution in [-0.4, -0.2) is 67.0 Å². The van der Waals surface area contributed by atoms with E-state index in [2.05, 4.69) is 5.32 Å². The fourth-order valence-electron chi connectivity index (χ4n) is 4.76. The van der Waals surface area contributed by atoms with Gasteiger partial charge in [0.1, 0.15) is 10.6 Å². The van der Waals surface area contributed by atoms with Crippen molar-refractivity contribution >= 4 is 37.3 Å². The molecule has 206 valence electrons. The van der Waals surface area contributed by atoms with Gasteiger partial charge in [0.05, 0.1) is 30.9 Å². The largest absolute Gasteiger partial charge is 0.495 e. The van der Waals surface area contributed by atoms with E-state index in [1.807, 2.05) is 12.1 Å². The Hall–Kier alpha value is -3.45. The lowest BCUT2D eigenvalue weighted by Gasteiger charge is -2.31.